The molecule has 1 saturated carbocycles. The van der Waals surface area contributed by atoms with Crippen LogP contribution in [0, 0.1) is 0 Å². The number of carbonyl (C=O) groups excluding carboxylic acids is 1. The first kappa shape index (κ1) is 11.8. The number of amides is 1. The zero-order valence-corrected chi connectivity index (χ0v) is 10.6. The van der Waals surface area contributed by atoms with Crippen LogP contribution in [0.4, 0.5) is 11.4 Å². The molecule has 2 aromatic rings. The van der Waals surface area contributed by atoms with Gasteiger partial charge < -0.3 is 10.6 Å². The molecule has 0 atom stereocenters. The lowest BCUT2D eigenvalue weighted by Gasteiger charge is -2.07. The van der Waals surface area contributed by atoms with Crippen molar-refractivity contribution in [3.05, 3.63) is 60.2 Å². The molecular weight excluding hydrogens is 236 g/mol. The Hall–Kier alpha value is -2.29. The number of anilines is 2. The Labute approximate surface area is 112 Å². The first-order valence-corrected chi connectivity index (χ1v) is 6.54. The van der Waals surface area contributed by atoms with Gasteiger partial charge in [-0.05, 0) is 49.2 Å². The monoisotopic (exact) mass is 252 g/mol. The van der Waals surface area contributed by atoms with Crippen molar-refractivity contribution >= 4 is 17.3 Å². The third-order valence-corrected chi connectivity index (χ3v) is 3.13. The van der Waals surface area contributed by atoms with E-state index in [9.17, 15) is 4.79 Å². The lowest BCUT2D eigenvalue weighted by molar-refractivity contribution is 0.102. The zero-order valence-electron chi connectivity index (χ0n) is 10.6. The second kappa shape index (κ2) is 5.14. The fourth-order valence-electron chi connectivity index (χ4n) is 1.91. The standard InChI is InChI=1S/C16H16N2O/c19-16(12-4-2-1-3-5-12)18-15-10-8-14(9-11-15)17-13-6-7-13/h1-5,8-11,13,17H,6-7H2,(H,18,19). The van der Waals surface area contributed by atoms with Gasteiger partial charge in [0, 0.05) is 23.0 Å². The Morgan fingerprint density at radius 2 is 1.53 bits per heavy atom. The van der Waals surface area contributed by atoms with Gasteiger partial charge in [-0.25, -0.2) is 0 Å². The summed E-state index contributed by atoms with van der Waals surface area (Å²) in [5.74, 6) is -0.0801. The molecular formula is C16H16N2O. The smallest absolute Gasteiger partial charge is 0.255 e. The molecule has 1 fully saturated rings. The van der Waals surface area contributed by atoms with Gasteiger partial charge in [-0.3, -0.25) is 4.79 Å². The maximum absolute atomic E-state index is 12.0. The molecule has 19 heavy (non-hydrogen) atoms. The molecule has 0 aliphatic heterocycles. The maximum atomic E-state index is 12.0. The lowest BCUT2D eigenvalue weighted by atomic mass is 10.2. The Kier molecular flexibility index (Phi) is 3.19. The highest BCUT2D eigenvalue weighted by Gasteiger charge is 2.20. The van der Waals surface area contributed by atoms with E-state index in [0.717, 1.165) is 11.4 Å². The van der Waals surface area contributed by atoms with Crippen LogP contribution in [-0.4, -0.2) is 11.9 Å². The summed E-state index contributed by atoms with van der Waals surface area (Å²) in [4.78, 5) is 12.0. The second-order valence-corrected chi connectivity index (χ2v) is 4.82. The third kappa shape index (κ3) is 3.13. The largest absolute Gasteiger partial charge is 0.382 e. The van der Waals surface area contributed by atoms with Crippen LogP contribution in [0.5, 0.6) is 0 Å². The molecule has 0 aromatic heterocycles. The second-order valence-electron chi connectivity index (χ2n) is 4.82. The van der Waals surface area contributed by atoms with Crippen LogP contribution in [0.2, 0.25) is 0 Å². The molecule has 0 radical (unpaired) electrons. The average molecular weight is 252 g/mol. The van der Waals surface area contributed by atoms with Crippen LogP contribution in [-0.2, 0) is 0 Å². The Balaban J connectivity index is 1.64. The van der Waals surface area contributed by atoms with Gasteiger partial charge in [-0.15, -0.1) is 0 Å². The molecule has 1 aliphatic rings. The number of hydrogen-bond donors (Lipinski definition) is 2. The van der Waals surface area contributed by atoms with Gasteiger partial charge in [0.15, 0.2) is 0 Å². The van der Waals surface area contributed by atoms with E-state index >= 15 is 0 Å². The van der Waals surface area contributed by atoms with Crippen molar-refractivity contribution in [3.63, 3.8) is 0 Å². The van der Waals surface area contributed by atoms with Crippen molar-refractivity contribution in [3.8, 4) is 0 Å². The SMILES string of the molecule is O=C(Nc1ccc(NC2CC2)cc1)c1ccccc1. The molecule has 3 nitrogen and oxygen atoms in total. The van der Waals surface area contributed by atoms with Gasteiger partial charge in [-0.1, -0.05) is 18.2 Å². The summed E-state index contributed by atoms with van der Waals surface area (Å²) in [5.41, 5.74) is 2.60. The fraction of sp³-hybridized carbons (Fsp3) is 0.188. The average Bonchev–Trinajstić information content (AvgIpc) is 3.26. The van der Waals surface area contributed by atoms with E-state index in [4.69, 9.17) is 0 Å². The molecule has 0 spiro atoms. The molecule has 1 amide bonds. The highest BCUT2D eigenvalue weighted by atomic mass is 16.1. The first-order valence-electron chi connectivity index (χ1n) is 6.54. The van der Waals surface area contributed by atoms with Crippen LogP contribution in [0.3, 0.4) is 0 Å². The van der Waals surface area contributed by atoms with Gasteiger partial charge in [0.25, 0.3) is 5.91 Å². The summed E-state index contributed by atoms with van der Waals surface area (Å²) in [6, 6.07) is 17.7. The summed E-state index contributed by atoms with van der Waals surface area (Å²) in [6.45, 7) is 0. The number of benzene rings is 2. The number of hydrogen-bond acceptors (Lipinski definition) is 2. The summed E-state index contributed by atoms with van der Waals surface area (Å²) in [7, 11) is 0. The van der Waals surface area contributed by atoms with Crippen LogP contribution >= 0.6 is 0 Å². The molecule has 0 bridgehead atoms. The summed E-state index contributed by atoms with van der Waals surface area (Å²) in [5, 5.41) is 6.30. The summed E-state index contributed by atoms with van der Waals surface area (Å²) in [6.07, 6.45) is 2.51. The van der Waals surface area contributed by atoms with Gasteiger partial charge in [0.1, 0.15) is 0 Å². The van der Waals surface area contributed by atoms with Crippen LogP contribution in [0.15, 0.2) is 54.6 Å². The van der Waals surface area contributed by atoms with Gasteiger partial charge >= 0.3 is 0 Å². The van der Waals surface area contributed by atoms with E-state index in [1.165, 1.54) is 12.8 Å². The molecule has 0 heterocycles. The normalized spacial score (nSPS) is 13.9. The van der Waals surface area contributed by atoms with Gasteiger partial charge in [0.2, 0.25) is 0 Å². The van der Waals surface area contributed by atoms with E-state index in [1.807, 2.05) is 42.5 Å². The molecule has 96 valence electrons. The Bertz CT molecular complexity index is 559. The van der Waals surface area contributed by atoms with Crippen LogP contribution in [0.1, 0.15) is 23.2 Å². The first-order chi connectivity index (χ1) is 9.31. The van der Waals surface area contributed by atoms with Crippen LogP contribution in [0.25, 0.3) is 0 Å². The van der Waals surface area contributed by atoms with Crippen molar-refractivity contribution < 1.29 is 4.79 Å². The van der Waals surface area contributed by atoms with Gasteiger partial charge in [-0.2, -0.15) is 0 Å². The molecule has 0 unspecified atom stereocenters. The highest BCUT2D eigenvalue weighted by Crippen LogP contribution is 2.25. The predicted molar refractivity (Wildman–Crippen MR) is 77.5 cm³/mol. The molecule has 3 rings (SSSR count). The summed E-state index contributed by atoms with van der Waals surface area (Å²) >= 11 is 0. The van der Waals surface area contributed by atoms with Gasteiger partial charge in [0.05, 0.1) is 0 Å². The van der Waals surface area contributed by atoms with Crippen molar-refractivity contribution in [1.29, 1.82) is 0 Å². The van der Waals surface area contributed by atoms with E-state index in [1.54, 1.807) is 12.1 Å². The molecule has 3 heteroatoms. The van der Waals surface area contributed by atoms with E-state index < -0.39 is 0 Å². The molecule has 1 aliphatic carbocycles. The van der Waals surface area contributed by atoms with Crippen LogP contribution < -0.4 is 10.6 Å². The number of nitrogens with one attached hydrogen (secondary N) is 2. The van der Waals surface area contributed by atoms with Crippen molar-refractivity contribution in [1.82, 2.24) is 0 Å². The van der Waals surface area contributed by atoms with E-state index in [2.05, 4.69) is 10.6 Å². The quantitative estimate of drug-likeness (QED) is 0.874. The number of carbonyl (C=O) groups is 1. The highest BCUT2D eigenvalue weighted by molar-refractivity contribution is 6.04. The fourth-order valence-corrected chi connectivity index (χ4v) is 1.91. The maximum Gasteiger partial charge on any atom is 0.255 e. The lowest BCUT2D eigenvalue weighted by Crippen LogP contribution is -2.11. The van der Waals surface area contributed by atoms with Crippen molar-refractivity contribution in [2.45, 2.75) is 18.9 Å². The van der Waals surface area contributed by atoms with Crippen molar-refractivity contribution in [2.24, 2.45) is 0 Å². The molecule has 0 saturated heterocycles. The summed E-state index contributed by atoms with van der Waals surface area (Å²) < 4.78 is 0. The third-order valence-electron chi connectivity index (χ3n) is 3.13. The van der Waals surface area contributed by atoms with E-state index in [0.29, 0.717) is 11.6 Å². The van der Waals surface area contributed by atoms with E-state index in [-0.39, 0.29) is 5.91 Å². The minimum Gasteiger partial charge on any atom is -0.382 e. The topological polar surface area (TPSA) is 41.1 Å². The minimum atomic E-state index is -0.0801. The van der Waals surface area contributed by atoms with Crippen molar-refractivity contribution in [2.75, 3.05) is 10.6 Å². The number of rotatable bonds is 4. The Morgan fingerprint density at radius 3 is 2.16 bits per heavy atom. The Morgan fingerprint density at radius 1 is 0.895 bits per heavy atom. The predicted octanol–water partition coefficient (Wildman–Crippen LogP) is 3.51. The molecule has 2 N–H and O–H groups in total. The zero-order chi connectivity index (χ0) is 13.1. The minimum absolute atomic E-state index is 0.0801. The molecule has 2 aromatic carbocycles.